The Morgan fingerprint density at radius 2 is 2.19 bits per heavy atom. The molecule has 4 nitrogen and oxygen atoms in total. The van der Waals surface area contributed by atoms with Crippen molar-refractivity contribution < 1.29 is 9.18 Å². The van der Waals surface area contributed by atoms with Gasteiger partial charge < -0.3 is 11.1 Å². The molecule has 0 spiro atoms. The molecule has 0 bridgehead atoms. The number of hydrogen-bond donors (Lipinski definition) is 2. The van der Waals surface area contributed by atoms with E-state index >= 15 is 0 Å². The van der Waals surface area contributed by atoms with Crippen molar-refractivity contribution in [3.8, 4) is 11.8 Å². The fraction of sp³-hybridized carbons (Fsp3) is 0.125. The summed E-state index contributed by atoms with van der Waals surface area (Å²) in [4.78, 5) is 15.9. The van der Waals surface area contributed by atoms with Gasteiger partial charge >= 0.3 is 0 Å². The number of carbonyl (C=O) groups excluding carboxylic acids is 1. The highest BCUT2D eigenvalue weighted by molar-refractivity contribution is 5.92. The van der Waals surface area contributed by atoms with Crippen molar-refractivity contribution >= 4 is 11.6 Å². The highest BCUT2D eigenvalue weighted by Crippen LogP contribution is 2.15. The normalized spacial score (nSPS) is 9.62. The smallest absolute Gasteiger partial charge is 0.230 e. The van der Waals surface area contributed by atoms with E-state index in [1.807, 2.05) is 0 Å². The van der Waals surface area contributed by atoms with Crippen LogP contribution in [0.5, 0.6) is 0 Å². The predicted molar refractivity (Wildman–Crippen MR) is 78.9 cm³/mol. The maximum Gasteiger partial charge on any atom is 0.230 e. The SMILES string of the molecule is NCC#Cc1ccc(NC(=O)Cc2ccccn2)c(F)c1. The van der Waals surface area contributed by atoms with Crippen LogP contribution < -0.4 is 11.1 Å². The molecule has 0 unspecified atom stereocenters. The van der Waals surface area contributed by atoms with Gasteiger partial charge in [-0.25, -0.2) is 4.39 Å². The molecular formula is C16H14FN3O. The zero-order chi connectivity index (χ0) is 15.1. The third-order valence-corrected chi connectivity index (χ3v) is 2.65. The van der Waals surface area contributed by atoms with Crippen molar-refractivity contribution in [1.29, 1.82) is 0 Å². The lowest BCUT2D eigenvalue weighted by molar-refractivity contribution is -0.115. The molecule has 1 heterocycles. The number of amides is 1. The van der Waals surface area contributed by atoms with Gasteiger partial charge in [0.25, 0.3) is 0 Å². The molecule has 1 aromatic heterocycles. The number of rotatable bonds is 3. The Bertz CT molecular complexity index is 690. The zero-order valence-electron chi connectivity index (χ0n) is 11.3. The molecule has 0 fully saturated rings. The maximum atomic E-state index is 13.8. The second-order valence-corrected chi connectivity index (χ2v) is 4.25. The number of aromatic nitrogens is 1. The Kier molecular flexibility index (Phi) is 5.02. The van der Waals surface area contributed by atoms with Gasteiger partial charge in [-0.3, -0.25) is 9.78 Å². The number of hydrogen-bond acceptors (Lipinski definition) is 3. The van der Waals surface area contributed by atoms with Crippen LogP contribution in [0.15, 0.2) is 42.6 Å². The fourth-order valence-corrected chi connectivity index (χ4v) is 1.71. The van der Waals surface area contributed by atoms with Gasteiger partial charge in [-0.2, -0.15) is 0 Å². The fourth-order valence-electron chi connectivity index (χ4n) is 1.71. The van der Waals surface area contributed by atoms with E-state index in [0.717, 1.165) is 0 Å². The number of anilines is 1. The predicted octanol–water partition coefficient (Wildman–Crippen LogP) is 1.71. The van der Waals surface area contributed by atoms with Crippen LogP contribution in [0.1, 0.15) is 11.3 Å². The molecule has 0 aliphatic rings. The maximum absolute atomic E-state index is 13.8. The minimum absolute atomic E-state index is 0.0923. The minimum atomic E-state index is -0.534. The first-order valence-corrected chi connectivity index (χ1v) is 6.37. The Hall–Kier alpha value is -2.71. The first-order chi connectivity index (χ1) is 10.2. The monoisotopic (exact) mass is 283 g/mol. The molecule has 0 aliphatic carbocycles. The number of benzene rings is 1. The molecule has 0 aliphatic heterocycles. The number of carbonyl (C=O) groups is 1. The summed E-state index contributed by atoms with van der Waals surface area (Å²) in [6, 6.07) is 9.66. The zero-order valence-corrected chi connectivity index (χ0v) is 11.3. The van der Waals surface area contributed by atoms with Crippen LogP contribution in [-0.2, 0) is 11.2 Å². The number of pyridine rings is 1. The largest absolute Gasteiger partial charge is 0.323 e. The standard InChI is InChI=1S/C16H14FN3O/c17-14-10-12(4-3-8-18)6-7-15(14)20-16(21)11-13-5-1-2-9-19-13/h1-2,5-7,9-10H,8,11,18H2,(H,20,21). The van der Waals surface area contributed by atoms with Crippen LogP contribution in [0.25, 0.3) is 0 Å². The van der Waals surface area contributed by atoms with Crippen LogP contribution in [-0.4, -0.2) is 17.4 Å². The quantitative estimate of drug-likeness (QED) is 0.843. The Labute approximate surface area is 122 Å². The van der Waals surface area contributed by atoms with Crippen LogP contribution in [0, 0.1) is 17.7 Å². The first kappa shape index (κ1) is 14.7. The summed E-state index contributed by atoms with van der Waals surface area (Å²) in [5.74, 6) is 4.51. The molecule has 3 N–H and O–H groups in total. The van der Waals surface area contributed by atoms with Crippen molar-refractivity contribution in [2.24, 2.45) is 5.73 Å². The summed E-state index contributed by atoms with van der Waals surface area (Å²) in [6.45, 7) is 0.212. The molecular weight excluding hydrogens is 269 g/mol. The summed E-state index contributed by atoms with van der Waals surface area (Å²) in [5, 5.41) is 2.52. The van der Waals surface area contributed by atoms with Gasteiger partial charge in [0, 0.05) is 17.5 Å². The Morgan fingerprint density at radius 1 is 1.33 bits per heavy atom. The van der Waals surface area contributed by atoms with E-state index in [9.17, 15) is 9.18 Å². The van der Waals surface area contributed by atoms with E-state index in [-0.39, 0.29) is 24.6 Å². The molecule has 5 heteroatoms. The Morgan fingerprint density at radius 3 is 2.86 bits per heavy atom. The summed E-state index contributed by atoms with van der Waals surface area (Å²) in [5.41, 5.74) is 6.51. The second-order valence-electron chi connectivity index (χ2n) is 4.25. The van der Waals surface area contributed by atoms with E-state index in [4.69, 9.17) is 5.73 Å². The summed E-state index contributed by atoms with van der Waals surface area (Å²) in [6.07, 6.45) is 1.70. The van der Waals surface area contributed by atoms with Gasteiger partial charge in [-0.05, 0) is 30.3 Å². The highest BCUT2D eigenvalue weighted by atomic mass is 19.1. The minimum Gasteiger partial charge on any atom is -0.323 e. The van der Waals surface area contributed by atoms with Crippen LogP contribution in [0.4, 0.5) is 10.1 Å². The third kappa shape index (κ3) is 4.41. The summed E-state index contributed by atoms with van der Waals surface area (Å²) in [7, 11) is 0. The van der Waals surface area contributed by atoms with Crippen molar-refractivity contribution in [2.75, 3.05) is 11.9 Å². The van der Waals surface area contributed by atoms with Gasteiger partial charge in [0.2, 0.25) is 5.91 Å². The molecule has 0 radical (unpaired) electrons. The number of nitrogens with zero attached hydrogens (tertiary/aromatic N) is 1. The van der Waals surface area contributed by atoms with Gasteiger partial charge in [0.15, 0.2) is 0 Å². The summed E-state index contributed by atoms with van der Waals surface area (Å²) < 4.78 is 13.8. The summed E-state index contributed by atoms with van der Waals surface area (Å²) >= 11 is 0. The molecule has 0 atom stereocenters. The highest BCUT2D eigenvalue weighted by Gasteiger charge is 2.08. The van der Waals surface area contributed by atoms with Gasteiger partial charge in [-0.15, -0.1) is 0 Å². The van der Waals surface area contributed by atoms with Gasteiger partial charge in [-0.1, -0.05) is 17.9 Å². The third-order valence-electron chi connectivity index (χ3n) is 2.65. The topological polar surface area (TPSA) is 68.0 Å². The molecule has 2 aromatic rings. The molecule has 0 saturated carbocycles. The van der Waals surface area contributed by atoms with Gasteiger partial charge in [0.05, 0.1) is 18.7 Å². The van der Waals surface area contributed by atoms with Crippen molar-refractivity contribution in [1.82, 2.24) is 4.98 Å². The molecule has 106 valence electrons. The molecule has 21 heavy (non-hydrogen) atoms. The average molecular weight is 283 g/mol. The van der Waals surface area contributed by atoms with E-state index in [2.05, 4.69) is 22.1 Å². The van der Waals surface area contributed by atoms with E-state index in [0.29, 0.717) is 11.3 Å². The molecule has 2 rings (SSSR count). The average Bonchev–Trinajstić information content (AvgIpc) is 2.48. The van der Waals surface area contributed by atoms with Crippen molar-refractivity contribution in [3.05, 3.63) is 59.7 Å². The van der Waals surface area contributed by atoms with Crippen LogP contribution in [0.2, 0.25) is 0 Å². The lowest BCUT2D eigenvalue weighted by Gasteiger charge is -2.06. The second kappa shape index (κ2) is 7.17. The Balaban J connectivity index is 2.04. The molecule has 0 saturated heterocycles. The van der Waals surface area contributed by atoms with Crippen molar-refractivity contribution in [2.45, 2.75) is 6.42 Å². The van der Waals surface area contributed by atoms with Crippen molar-refractivity contribution in [3.63, 3.8) is 0 Å². The number of halogens is 1. The first-order valence-electron chi connectivity index (χ1n) is 6.37. The van der Waals surface area contributed by atoms with Crippen LogP contribution >= 0.6 is 0 Å². The lowest BCUT2D eigenvalue weighted by Crippen LogP contribution is -2.16. The molecule has 1 amide bonds. The lowest BCUT2D eigenvalue weighted by atomic mass is 10.2. The molecule has 1 aromatic carbocycles. The van der Waals surface area contributed by atoms with Crippen LogP contribution in [0.3, 0.4) is 0 Å². The van der Waals surface area contributed by atoms with Gasteiger partial charge in [0.1, 0.15) is 5.82 Å². The van der Waals surface area contributed by atoms with E-state index in [1.54, 1.807) is 30.5 Å². The number of nitrogens with two attached hydrogens (primary N) is 1. The van der Waals surface area contributed by atoms with E-state index < -0.39 is 5.82 Å². The number of nitrogens with one attached hydrogen (secondary N) is 1. The van der Waals surface area contributed by atoms with E-state index in [1.165, 1.54) is 12.1 Å².